The first-order chi connectivity index (χ1) is 7.59. The lowest BCUT2D eigenvalue weighted by molar-refractivity contribution is -0.142. The zero-order valence-corrected chi connectivity index (χ0v) is 9.36. The smallest absolute Gasteiger partial charge is 0.327 e. The third kappa shape index (κ3) is 4.59. The van der Waals surface area contributed by atoms with Crippen LogP contribution in [0.2, 0.25) is 0 Å². The van der Waals surface area contributed by atoms with Gasteiger partial charge >= 0.3 is 5.97 Å². The van der Waals surface area contributed by atoms with Gasteiger partial charge in [-0.2, -0.15) is 5.48 Å². The van der Waals surface area contributed by atoms with Gasteiger partial charge in [0.2, 0.25) is 5.91 Å². The number of carbonyl (C=O) groups excluding carboxylic acids is 1. The number of nitrogens with one attached hydrogen (secondary N) is 2. The van der Waals surface area contributed by atoms with Crippen molar-refractivity contribution in [2.75, 3.05) is 6.54 Å². The van der Waals surface area contributed by atoms with Crippen LogP contribution in [0.25, 0.3) is 0 Å². The average Bonchev–Trinajstić information content (AvgIpc) is 2.68. The van der Waals surface area contributed by atoms with E-state index in [1.165, 1.54) is 6.92 Å². The van der Waals surface area contributed by atoms with E-state index in [4.69, 9.17) is 9.94 Å². The predicted octanol–water partition coefficient (Wildman–Crippen LogP) is 0.0395. The molecule has 3 N–H and O–H groups in total. The first kappa shape index (κ1) is 12.9. The summed E-state index contributed by atoms with van der Waals surface area (Å²) in [6.07, 6.45) is 4.49. The van der Waals surface area contributed by atoms with Crippen molar-refractivity contribution >= 4 is 11.9 Å². The van der Waals surface area contributed by atoms with Crippen molar-refractivity contribution in [2.45, 2.75) is 44.8 Å². The Morgan fingerprint density at radius 3 is 2.56 bits per heavy atom. The van der Waals surface area contributed by atoms with E-state index in [0.717, 1.165) is 25.7 Å². The monoisotopic (exact) mass is 230 g/mol. The first-order valence-corrected chi connectivity index (χ1v) is 5.48. The van der Waals surface area contributed by atoms with Gasteiger partial charge in [-0.3, -0.25) is 9.63 Å². The van der Waals surface area contributed by atoms with E-state index in [1.807, 2.05) is 0 Å². The third-order valence-electron chi connectivity index (χ3n) is 2.52. The van der Waals surface area contributed by atoms with Crippen molar-refractivity contribution in [2.24, 2.45) is 0 Å². The summed E-state index contributed by atoms with van der Waals surface area (Å²) in [7, 11) is 0. The van der Waals surface area contributed by atoms with Gasteiger partial charge in [0, 0.05) is 6.92 Å². The molecule has 0 bridgehead atoms. The van der Waals surface area contributed by atoms with Crippen LogP contribution in [0.3, 0.4) is 0 Å². The fourth-order valence-electron chi connectivity index (χ4n) is 1.70. The Bertz CT molecular complexity index is 251. The van der Waals surface area contributed by atoms with Crippen LogP contribution in [-0.4, -0.2) is 35.7 Å². The second kappa shape index (κ2) is 6.44. The molecule has 0 aromatic rings. The highest BCUT2D eigenvalue weighted by molar-refractivity contribution is 5.82. The van der Waals surface area contributed by atoms with E-state index in [1.54, 1.807) is 0 Å². The van der Waals surface area contributed by atoms with Gasteiger partial charge in [0.1, 0.15) is 6.04 Å². The molecule has 0 aromatic carbocycles. The molecule has 1 aliphatic rings. The molecule has 0 spiro atoms. The second-order valence-electron chi connectivity index (χ2n) is 3.96. The van der Waals surface area contributed by atoms with Gasteiger partial charge in [-0.25, -0.2) is 4.79 Å². The van der Waals surface area contributed by atoms with Gasteiger partial charge in [0.05, 0.1) is 12.6 Å². The van der Waals surface area contributed by atoms with E-state index in [2.05, 4.69) is 10.8 Å². The van der Waals surface area contributed by atoms with Crippen molar-refractivity contribution in [1.82, 2.24) is 10.8 Å². The Morgan fingerprint density at radius 2 is 2.06 bits per heavy atom. The summed E-state index contributed by atoms with van der Waals surface area (Å²) in [6.45, 7) is 1.36. The maximum atomic E-state index is 10.8. The highest BCUT2D eigenvalue weighted by atomic mass is 16.7. The zero-order valence-electron chi connectivity index (χ0n) is 9.36. The summed E-state index contributed by atoms with van der Waals surface area (Å²) in [6, 6.07) is -0.945. The lowest BCUT2D eigenvalue weighted by Crippen LogP contribution is -2.47. The molecule has 1 unspecified atom stereocenters. The van der Waals surface area contributed by atoms with Crippen LogP contribution in [0.15, 0.2) is 0 Å². The molecular formula is C10H18N2O4. The Hall–Kier alpha value is -1.14. The van der Waals surface area contributed by atoms with Gasteiger partial charge in [-0.05, 0) is 12.8 Å². The van der Waals surface area contributed by atoms with Crippen LogP contribution in [0.4, 0.5) is 0 Å². The molecule has 1 saturated carbocycles. The summed E-state index contributed by atoms with van der Waals surface area (Å²) in [4.78, 5) is 26.8. The minimum absolute atomic E-state index is 0.0748. The molecule has 92 valence electrons. The maximum Gasteiger partial charge on any atom is 0.327 e. The minimum atomic E-state index is -1.07. The van der Waals surface area contributed by atoms with Crippen LogP contribution in [0.1, 0.15) is 32.6 Å². The number of carboxylic acid groups (broad SMARTS) is 1. The Balaban J connectivity index is 2.21. The van der Waals surface area contributed by atoms with Gasteiger partial charge in [-0.1, -0.05) is 12.8 Å². The largest absolute Gasteiger partial charge is 0.480 e. The topological polar surface area (TPSA) is 87.7 Å². The number of hydroxylamine groups is 1. The van der Waals surface area contributed by atoms with Crippen molar-refractivity contribution in [3.8, 4) is 0 Å². The fraction of sp³-hybridized carbons (Fsp3) is 0.800. The number of hydrogen-bond acceptors (Lipinski definition) is 4. The lowest BCUT2D eigenvalue weighted by Gasteiger charge is -2.16. The van der Waals surface area contributed by atoms with E-state index in [0.29, 0.717) is 0 Å². The Morgan fingerprint density at radius 1 is 1.44 bits per heavy atom. The molecule has 0 saturated heterocycles. The van der Waals surface area contributed by atoms with E-state index in [9.17, 15) is 9.59 Å². The number of aliphatic carboxylic acids is 1. The highest BCUT2D eigenvalue weighted by Gasteiger charge is 2.20. The summed E-state index contributed by atoms with van der Waals surface area (Å²) >= 11 is 0. The summed E-state index contributed by atoms with van der Waals surface area (Å²) < 4.78 is 0. The number of carboxylic acids is 1. The molecule has 6 nitrogen and oxygen atoms in total. The van der Waals surface area contributed by atoms with Crippen molar-refractivity contribution < 1.29 is 19.5 Å². The molecule has 1 atom stereocenters. The third-order valence-corrected chi connectivity index (χ3v) is 2.52. The fourth-order valence-corrected chi connectivity index (χ4v) is 1.70. The first-order valence-electron chi connectivity index (χ1n) is 5.48. The number of carbonyl (C=O) groups is 2. The van der Waals surface area contributed by atoms with Crippen LogP contribution in [-0.2, 0) is 14.4 Å². The molecule has 0 heterocycles. The molecule has 6 heteroatoms. The Labute approximate surface area is 94.3 Å². The van der Waals surface area contributed by atoms with Crippen molar-refractivity contribution in [3.05, 3.63) is 0 Å². The Kier molecular flexibility index (Phi) is 5.21. The number of hydrogen-bond donors (Lipinski definition) is 3. The van der Waals surface area contributed by atoms with Crippen molar-refractivity contribution in [3.63, 3.8) is 0 Å². The average molecular weight is 230 g/mol. The zero-order chi connectivity index (χ0) is 12.0. The normalized spacial score (nSPS) is 18.3. The van der Waals surface area contributed by atoms with Crippen LogP contribution in [0.5, 0.6) is 0 Å². The molecule has 1 fully saturated rings. The van der Waals surface area contributed by atoms with E-state index < -0.39 is 12.0 Å². The van der Waals surface area contributed by atoms with Crippen molar-refractivity contribution in [1.29, 1.82) is 0 Å². The molecule has 1 aliphatic carbocycles. The summed E-state index contributed by atoms with van der Waals surface area (Å²) in [5, 5.41) is 11.1. The van der Waals surface area contributed by atoms with Gasteiger partial charge in [0.15, 0.2) is 0 Å². The van der Waals surface area contributed by atoms with Gasteiger partial charge < -0.3 is 10.4 Å². The predicted molar refractivity (Wildman–Crippen MR) is 56.6 cm³/mol. The number of amides is 1. The molecule has 16 heavy (non-hydrogen) atoms. The molecule has 1 amide bonds. The SMILES string of the molecule is CC(=O)NC(CNOC1CCCC1)C(=O)O. The second-order valence-corrected chi connectivity index (χ2v) is 3.96. The van der Waals surface area contributed by atoms with Crippen LogP contribution < -0.4 is 10.8 Å². The molecule has 0 radical (unpaired) electrons. The number of rotatable bonds is 6. The van der Waals surface area contributed by atoms with Gasteiger partial charge in [-0.15, -0.1) is 0 Å². The maximum absolute atomic E-state index is 10.8. The highest BCUT2D eigenvalue weighted by Crippen LogP contribution is 2.19. The molecule has 0 aromatic heterocycles. The molecule has 1 rings (SSSR count). The standard InChI is InChI=1S/C10H18N2O4/c1-7(13)12-9(10(14)15)6-11-16-8-4-2-3-5-8/h8-9,11H,2-6H2,1H3,(H,12,13)(H,14,15). The lowest BCUT2D eigenvalue weighted by atomic mass is 10.3. The molecule has 0 aliphatic heterocycles. The van der Waals surface area contributed by atoms with E-state index in [-0.39, 0.29) is 18.6 Å². The van der Waals surface area contributed by atoms with Crippen LogP contribution in [0, 0.1) is 0 Å². The molecular weight excluding hydrogens is 212 g/mol. The minimum Gasteiger partial charge on any atom is -0.480 e. The van der Waals surface area contributed by atoms with Gasteiger partial charge in [0.25, 0.3) is 0 Å². The van der Waals surface area contributed by atoms with Crippen LogP contribution >= 0.6 is 0 Å². The summed E-state index contributed by atoms with van der Waals surface area (Å²) in [5.74, 6) is -1.44. The summed E-state index contributed by atoms with van der Waals surface area (Å²) in [5.41, 5.74) is 2.62. The van der Waals surface area contributed by atoms with E-state index >= 15 is 0 Å². The quantitative estimate of drug-likeness (QED) is 0.561.